The van der Waals surface area contributed by atoms with Crippen LogP contribution in [0.4, 0.5) is 0 Å². The highest BCUT2D eigenvalue weighted by Crippen LogP contribution is 2.34. The number of unbranched alkanes of at least 4 members (excludes halogenated alkanes) is 12. The van der Waals surface area contributed by atoms with Crippen molar-refractivity contribution in [1.29, 1.82) is 0 Å². The first-order chi connectivity index (χ1) is 23.3. The van der Waals surface area contributed by atoms with Crippen LogP contribution >= 0.6 is 0 Å². The number of ether oxygens (including phenoxy) is 3. The van der Waals surface area contributed by atoms with Gasteiger partial charge in [0.2, 0.25) is 6.29 Å². The molecule has 0 amide bonds. The maximum Gasteiger partial charge on any atom is 0.347 e. The van der Waals surface area contributed by atoms with Crippen LogP contribution in [-0.2, 0) is 16.0 Å². The maximum absolute atomic E-state index is 13.4. The quantitative estimate of drug-likeness (QED) is 0.0538. The lowest BCUT2D eigenvalue weighted by atomic mass is 9.98. The fraction of sp³-hybridized carbons (Fsp3) is 0.583. The molecule has 5 atom stereocenters. The monoisotopic (exact) mass is 690 g/mol. The van der Waals surface area contributed by atoms with Crippen LogP contribution in [0.5, 0.6) is 23.0 Å². The van der Waals surface area contributed by atoms with E-state index in [9.17, 15) is 50.1 Å². The zero-order chi connectivity index (χ0) is 36.1. The zero-order valence-corrected chi connectivity index (χ0v) is 28.2. The number of aryl methyl sites for hydroxylation is 2. The fourth-order valence-electron chi connectivity index (χ4n) is 6.01. The molecule has 2 aromatic carbocycles. The van der Waals surface area contributed by atoms with Crippen molar-refractivity contribution in [1.82, 2.24) is 0 Å². The molecule has 1 fully saturated rings. The fourth-order valence-corrected chi connectivity index (χ4v) is 6.01. The molecule has 1 saturated heterocycles. The number of carboxylic acids is 2. The number of carbonyl (C=O) groups excluding carboxylic acids is 1. The number of benzene rings is 2. The Bertz CT molecular complexity index is 1380. The number of phenols is 2. The summed E-state index contributed by atoms with van der Waals surface area (Å²) in [6.45, 7) is 3.64. The lowest BCUT2D eigenvalue weighted by Gasteiger charge is -2.38. The molecule has 0 saturated carbocycles. The second-order valence-electron chi connectivity index (χ2n) is 12.7. The molecule has 0 aromatic heterocycles. The number of aliphatic carboxylic acids is 1. The van der Waals surface area contributed by atoms with Crippen LogP contribution in [0.2, 0.25) is 0 Å². The lowest BCUT2D eigenvalue weighted by molar-refractivity contribution is -0.271. The predicted octanol–water partition coefficient (Wildman–Crippen LogP) is 5.23. The van der Waals surface area contributed by atoms with Crippen molar-refractivity contribution in [3.8, 4) is 23.0 Å². The number of rotatable bonds is 20. The van der Waals surface area contributed by atoms with Crippen LogP contribution in [0.1, 0.15) is 122 Å². The van der Waals surface area contributed by atoms with Gasteiger partial charge >= 0.3 is 17.9 Å². The van der Waals surface area contributed by atoms with E-state index in [0.717, 1.165) is 37.8 Å². The SMILES string of the molecule is CCCCCCCCCCCCCCCc1cc(O[C@@H]2O[C@@H](C(=O)O)[C@@H](O)[C@@H](O)[C@H]2O)cc(O)c1C(=O)Oc1cc(C)c(C(=O)O)c(O)c1. The zero-order valence-electron chi connectivity index (χ0n) is 28.2. The average Bonchev–Trinajstić information content (AvgIpc) is 3.02. The number of aromatic hydroxyl groups is 2. The minimum atomic E-state index is -1.92. The number of hydrogen-bond acceptors (Lipinski definition) is 11. The first-order valence-corrected chi connectivity index (χ1v) is 17.1. The second kappa shape index (κ2) is 19.3. The molecule has 0 spiro atoms. The van der Waals surface area contributed by atoms with Gasteiger partial charge in [0.25, 0.3) is 0 Å². The second-order valence-corrected chi connectivity index (χ2v) is 12.7. The van der Waals surface area contributed by atoms with Crippen molar-refractivity contribution in [2.45, 2.75) is 134 Å². The summed E-state index contributed by atoms with van der Waals surface area (Å²) in [4.78, 5) is 36.3. The highest BCUT2D eigenvalue weighted by Gasteiger charge is 2.48. The molecule has 49 heavy (non-hydrogen) atoms. The van der Waals surface area contributed by atoms with E-state index < -0.39 is 60.1 Å². The molecule has 13 heteroatoms. The van der Waals surface area contributed by atoms with E-state index in [1.165, 1.54) is 70.4 Å². The number of carbonyl (C=O) groups is 3. The number of esters is 1. The maximum atomic E-state index is 13.4. The number of aromatic carboxylic acids is 1. The Labute approximate surface area is 286 Å². The molecule has 7 N–H and O–H groups in total. The standard InChI is InChI=1S/C36H50O13/c1-3-4-5-6-7-8-9-10-11-12-13-14-15-16-22-18-24(48-36-31(41)29(39)30(40)32(49-36)34(44)45)20-26(38)28(22)35(46)47-23-17-21(2)27(33(42)43)25(37)19-23/h17-20,29-32,36-41H,3-16H2,1-2H3,(H,42,43)(H,44,45)/t29-,30+,31-,32-,36-/m1/s1. The topological polar surface area (TPSA) is 221 Å². The summed E-state index contributed by atoms with van der Waals surface area (Å²) in [5.41, 5.74) is -0.114. The Balaban J connectivity index is 1.72. The van der Waals surface area contributed by atoms with Gasteiger partial charge in [-0.25, -0.2) is 14.4 Å². The van der Waals surface area contributed by atoms with Gasteiger partial charge in [-0.3, -0.25) is 0 Å². The highest BCUT2D eigenvalue weighted by molar-refractivity contribution is 5.96. The summed E-state index contributed by atoms with van der Waals surface area (Å²) >= 11 is 0. The summed E-state index contributed by atoms with van der Waals surface area (Å²) < 4.78 is 16.2. The molecule has 1 heterocycles. The van der Waals surface area contributed by atoms with Gasteiger partial charge in [-0.2, -0.15) is 0 Å². The molecule has 0 unspecified atom stereocenters. The van der Waals surface area contributed by atoms with E-state index in [0.29, 0.717) is 18.4 Å². The minimum absolute atomic E-state index is 0.116. The summed E-state index contributed by atoms with van der Waals surface area (Å²) in [5, 5.41) is 70.4. The Morgan fingerprint density at radius 3 is 1.76 bits per heavy atom. The molecule has 1 aliphatic heterocycles. The molecule has 13 nitrogen and oxygen atoms in total. The van der Waals surface area contributed by atoms with Gasteiger partial charge in [-0.15, -0.1) is 0 Å². The van der Waals surface area contributed by atoms with Gasteiger partial charge in [0.1, 0.15) is 52.4 Å². The third-order valence-electron chi connectivity index (χ3n) is 8.70. The Morgan fingerprint density at radius 1 is 0.694 bits per heavy atom. The van der Waals surface area contributed by atoms with E-state index in [1.54, 1.807) is 0 Å². The molecular weight excluding hydrogens is 640 g/mol. The molecule has 272 valence electrons. The number of phenolic OH excluding ortho intramolecular Hbond substituents is 1. The van der Waals surface area contributed by atoms with Crippen LogP contribution in [0.3, 0.4) is 0 Å². The molecule has 0 radical (unpaired) electrons. The Morgan fingerprint density at radius 2 is 1.22 bits per heavy atom. The first kappa shape index (κ1) is 39.5. The van der Waals surface area contributed by atoms with Crippen molar-refractivity contribution >= 4 is 17.9 Å². The smallest absolute Gasteiger partial charge is 0.347 e. The van der Waals surface area contributed by atoms with Crippen molar-refractivity contribution in [2.24, 2.45) is 0 Å². The van der Waals surface area contributed by atoms with Crippen LogP contribution in [0.25, 0.3) is 0 Å². The first-order valence-electron chi connectivity index (χ1n) is 17.1. The van der Waals surface area contributed by atoms with E-state index in [4.69, 9.17) is 14.2 Å². The van der Waals surface area contributed by atoms with Gasteiger partial charge in [-0.1, -0.05) is 84.0 Å². The van der Waals surface area contributed by atoms with Crippen molar-refractivity contribution in [2.75, 3.05) is 0 Å². The van der Waals surface area contributed by atoms with Gasteiger partial charge < -0.3 is 50.0 Å². The molecule has 1 aliphatic rings. The van der Waals surface area contributed by atoms with Crippen molar-refractivity contribution < 1.29 is 64.3 Å². The summed E-state index contributed by atoms with van der Waals surface area (Å²) in [6.07, 6.45) is 5.70. The van der Waals surface area contributed by atoms with Crippen LogP contribution in [-0.4, -0.2) is 84.4 Å². The molecule has 2 aromatic rings. The van der Waals surface area contributed by atoms with Crippen LogP contribution in [0.15, 0.2) is 24.3 Å². The number of aliphatic hydroxyl groups is 3. The van der Waals surface area contributed by atoms with Crippen LogP contribution < -0.4 is 9.47 Å². The Kier molecular flexibility index (Phi) is 15.6. The van der Waals surface area contributed by atoms with Gasteiger partial charge in [-0.05, 0) is 43.0 Å². The van der Waals surface area contributed by atoms with Crippen molar-refractivity contribution in [3.63, 3.8) is 0 Å². The largest absolute Gasteiger partial charge is 0.507 e. The minimum Gasteiger partial charge on any atom is -0.507 e. The van der Waals surface area contributed by atoms with E-state index in [2.05, 4.69) is 6.92 Å². The van der Waals surface area contributed by atoms with E-state index in [-0.39, 0.29) is 28.2 Å². The predicted molar refractivity (Wildman–Crippen MR) is 177 cm³/mol. The summed E-state index contributed by atoms with van der Waals surface area (Å²) in [5.74, 6) is -5.38. The summed E-state index contributed by atoms with van der Waals surface area (Å²) in [6, 6.07) is 4.68. The Hall–Kier alpha value is -3.91. The highest BCUT2D eigenvalue weighted by atomic mass is 16.7. The van der Waals surface area contributed by atoms with Crippen molar-refractivity contribution in [3.05, 3.63) is 46.5 Å². The van der Waals surface area contributed by atoms with Gasteiger partial charge in [0.05, 0.1) is 0 Å². The average molecular weight is 691 g/mol. The number of aliphatic hydroxyl groups excluding tert-OH is 3. The number of hydrogen-bond donors (Lipinski definition) is 7. The van der Waals surface area contributed by atoms with E-state index >= 15 is 0 Å². The van der Waals surface area contributed by atoms with E-state index in [1.807, 2.05) is 0 Å². The van der Waals surface area contributed by atoms with Gasteiger partial charge in [0, 0.05) is 12.1 Å². The third kappa shape index (κ3) is 11.3. The normalized spacial score (nSPS) is 20.6. The van der Waals surface area contributed by atoms with Gasteiger partial charge in [0.15, 0.2) is 6.10 Å². The number of carboxylic acid groups (broad SMARTS) is 2. The molecule has 3 rings (SSSR count). The molecule has 0 bridgehead atoms. The lowest BCUT2D eigenvalue weighted by Crippen LogP contribution is -2.61. The molecule has 0 aliphatic carbocycles. The third-order valence-corrected chi connectivity index (χ3v) is 8.70. The van der Waals surface area contributed by atoms with Crippen LogP contribution in [0, 0.1) is 6.92 Å². The summed E-state index contributed by atoms with van der Waals surface area (Å²) in [7, 11) is 0. The molecular formula is C36H50O13.